The molecular weight excluding hydrogens is 483 g/mol. The second-order valence-corrected chi connectivity index (χ2v) is 11.0. The number of nitrogens with one attached hydrogen (secondary N) is 1. The van der Waals surface area contributed by atoms with E-state index < -0.39 is 23.0 Å². The number of carboxylic acids is 1. The Labute approximate surface area is 252 Å². The van der Waals surface area contributed by atoms with E-state index in [2.05, 4.69) is 5.32 Å². The van der Waals surface area contributed by atoms with Crippen molar-refractivity contribution in [3.63, 3.8) is 0 Å². The zero-order chi connectivity index (χ0) is 24.4. The molecule has 7 rings (SSSR count). The van der Waals surface area contributed by atoms with Crippen LogP contribution >= 0.6 is 0 Å². The van der Waals surface area contributed by atoms with Gasteiger partial charge in [0.1, 0.15) is 0 Å². The average Bonchev–Trinajstić information content (AvgIpc) is 3.09. The Morgan fingerprint density at radius 2 is 1.47 bits per heavy atom. The van der Waals surface area contributed by atoms with Gasteiger partial charge in [0, 0.05) is 0 Å². The van der Waals surface area contributed by atoms with E-state index in [9.17, 15) is 24.3 Å². The summed E-state index contributed by atoms with van der Waals surface area (Å²) in [6, 6.07) is 14.9. The minimum Gasteiger partial charge on any atom is -0.548 e. The zero-order valence-electron chi connectivity index (χ0n) is 20.4. The number of rotatable bonds is 6. The molecule has 5 aliphatic rings. The molecule has 1 heterocycles. The van der Waals surface area contributed by atoms with Crippen molar-refractivity contribution in [3.8, 4) is 0 Å². The second kappa shape index (κ2) is 9.47. The van der Waals surface area contributed by atoms with Crippen LogP contribution in [0.4, 0.5) is 0 Å². The Kier molecular flexibility index (Phi) is 6.79. The van der Waals surface area contributed by atoms with Crippen LogP contribution in [0.3, 0.4) is 0 Å². The minimum absolute atomic E-state index is 0. The van der Waals surface area contributed by atoms with E-state index in [1.54, 1.807) is 24.3 Å². The van der Waals surface area contributed by atoms with E-state index >= 15 is 0 Å². The molecule has 1 aliphatic heterocycles. The van der Waals surface area contributed by atoms with Gasteiger partial charge < -0.3 is 15.2 Å². The molecule has 2 aromatic carbocycles. The van der Waals surface area contributed by atoms with Crippen LogP contribution in [-0.2, 0) is 16.0 Å². The molecule has 4 aliphatic carbocycles. The fraction of sp³-hybridized carbons (Fsp3) is 0.429. The molecule has 4 fully saturated rings. The Balaban J connectivity index is 0.00000267. The van der Waals surface area contributed by atoms with E-state index in [1.807, 2.05) is 30.3 Å². The summed E-state index contributed by atoms with van der Waals surface area (Å²) in [6.07, 6.45) is 4.23. The summed E-state index contributed by atoms with van der Waals surface area (Å²) in [6.45, 7) is 0. The number of fused-ring (bicyclic) bond motifs is 1. The number of nitrogens with zero attached hydrogens (tertiary/aromatic N) is 1. The number of carboxylic acid groups (broad SMARTS) is 1. The summed E-state index contributed by atoms with van der Waals surface area (Å²) in [7, 11) is 0. The van der Waals surface area contributed by atoms with Crippen LogP contribution in [0.1, 0.15) is 64.8 Å². The Morgan fingerprint density at radius 3 is 2.03 bits per heavy atom. The maximum atomic E-state index is 13.7. The number of imide groups is 1. The van der Waals surface area contributed by atoms with E-state index in [1.165, 1.54) is 4.90 Å². The van der Waals surface area contributed by atoms with Gasteiger partial charge in [-0.1, -0.05) is 42.5 Å². The predicted molar refractivity (Wildman–Crippen MR) is 124 cm³/mol. The predicted octanol–water partition coefficient (Wildman–Crippen LogP) is -0.897. The summed E-state index contributed by atoms with van der Waals surface area (Å²) in [5.41, 5.74) is 0.155. The second-order valence-electron chi connectivity index (χ2n) is 11.0. The molecular formula is C28H27KN2O5. The first-order valence-electron chi connectivity index (χ1n) is 12.3. The molecule has 0 spiro atoms. The Hall–Kier alpha value is -1.84. The molecule has 7 nitrogen and oxygen atoms in total. The van der Waals surface area contributed by atoms with Crippen molar-refractivity contribution in [2.24, 2.45) is 17.3 Å². The van der Waals surface area contributed by atoms with Crippen LogP contribution in [0.25, 0.3) is 0 Å². The fourth-order valence-electron chi connectivity index (χ4n) is 7.72. The first-order valence-corrected chi connectivity index (χ1v) is 12.3. The Morgan fingerprint density at radius 1 is 0.917 bits per heavy atom. The van der Waals surface area contributed by atoms with Crippen molar-refractivity contribution in [1.29, 1.82) is 0 Å². The number of carbonyl (C=O) groups is 4. The Bertz CT molecular complexity index is 1200. The summed E-state index contributed by atoms with van der Waals surface area (Å²) < 4.78 is 0. The van der Waals surface area contributed by atoms with Crippen molar-refractivity contribution in [2.75, 3.05) is 0 Å². The third-order valence-electron chi connectivity index (χ3n) is 8.65. The molecule has 0 saturated heterocycles. The van der Waals surface area contributed by atoms with Crippen LogP contribution < -0.4 is 61.8 Å². The number of hydrogen-bond donors (Lipinski definition) is 1. The van der Waals surface area contributed by atoms with Crippen LogP contribution in [0.15, 0.2) is 54.6 Å². The van der Waals surface area contributed by atoms with E-state index in [4.69, 9.17) is 0 Å². The molecule has 0 aromatic heterocycles. The topological polar surface area (TPSA) is 107 Å². The van der Waals surface area contributed by atoms with Gasteiger partial charge in [-0.05, 0) is 74.5 Å². The molecule has 180 valence electrons. The number of carbonyl (C=O) groups excluding carboxylic acids is 4. The first kappa shape index (κ1) is 25.8. The van der Waals surface area contributed by atoms with Crippen LogP contribution in [0.2, 0.25) is 0 Å². The van der Waals surface area contributed by atoms with Gasteiger partial charge in [-0.2, -0.15) is 0 Å². The van der Waals surface area contributed by atoms with Crippen LogP contribution in [-0.4, -0.2) is 40.2 Å². The molecule has 36 heavy (non-hydrogen) atoms. The monoisotopic (exact) mass is 510 g/mol. The van der Waals surface area contributed by atoms with Gasteiger partial charge in [0.05, 0.1) is 34.1 Å². The van der Waals surface area contributed by atoms with E-state index in [0.29, 0.717) is 43.2 Å². The van der Waals surface area contributed by atoms with E-state index in [-0.39, 0.29) is 87.4 Å². The molecule has 4 saturated carbocycles. The molecule has 5 atom stereocenters. The summed E-state index contributed by atoms with van der Waals surface area (Å²) in [5.74, 6) is -1.72. The van der Waals surface area contributed by atoms with Gasteiger partial charge in [0.2, 0.25) is 5.91 Å². The van der Waals surface area contributed by atoms with Crippen LogP contribution in [0.5, 0.6) is 0 Å². The molecule has 3 amide bonds. The van der Waals surface area contributed by atoms with Crippen molar-refractivity contribution in [3.05, 3.63) is 71.3 Å². The molecule has 1 N–H and O–H groups in total. The molecule has 2 aromatic rings. The maximum Gasteiger partial charge on any atom is 1.00 e. The zero-order valence-corrected chi connectivity index (χ0v) is 23.5. The van der Waals surface area contributed by atoms with Gasteiger partial charge in [0.15, 0.2) is 0 Å². The number of hydrogen-bond acceptors (Lipinski definition) is 5. The summed E-state index contributed by atoms with van der Waals surface area (Å²) in [4.78, 5) is 53.9. The van der Waals surface area contributed by atoms with Crippen molar-refractivity contribution in [1.82, 2.24) is 10.2 Å². The number of aliphatic carboxylic acids is 1. The molecule has 2 unspecified atom stereocenters. The van der Waals surface area contributed by atoms with E-state index in [0.717, 1.165) is 12.0 Å². The van der Waals surface area contributed by atoms with Crippen molar-refractivity contribution >= 4 is 23.7 Å². The SMILES string of the molecule is O=C([O-])[C@@H](Cc1ccccc1)NC(=O)C12C[C@H]3C[C@@H](C1)CC(N1C(=O)c4ccccc4C1=O)(C3)C2.[K+]. The average molecular weight is 511 g/mol. The van der Waals surface area contributed by atoms with Crippen LogP contribution in [0, 0.1) is 17.3 Å². The maximum absolute atomic E-state index is 13.7. The first-order chi connectivity index (χ1) is 16.8. The van der Waals surface area contributed by atoms with Crippen molar-refractivity contribution in [2.45, 2.75) is 56.5 Å². The quantitative estimate of drug-likeness (QED) is 0.401. The number of benzene rings is 2. The van der Waals surface area contributed by atoms with Gasteiger partial charge in [-0.15, -0.1) is 0 Å². The standard InChI is InChI=1S/C28H28N2O5.K/c31-23-20-8-4-5-9-21(20)24(32)30(23)28-14-18-10-19(15-28)13-27(12-18,16-28)26(35)29-22(25(33)34)11-17-6-2-1-3-7-17;/h1-9,18-19,22H,10-16H2,(H,29,35)(H,33,34);/q;+1/p-1/t18-,19+,22-,27?,28?;/m1./s1. The largest absolute Gasteiger partial charge is 1.00 e. The summed E-state index contributed by atoms with van der Waals surface area (Å²) in [5, 5.41) is 14.7. The molecule has 4 bridgehead atoms. The summed E-state index contributed by atoms with van der Waals surface area (Å²) >= 11 is 0. The number of amides is 3. The fourth-order valence-corrected chi connectivity index (χ4v) is 7.72. The third-order valence-corrected chi connectivity index (χ3v) is 8.65. The third kappa shape index (κ3) is 4.11. The van der Waals surface area contributed by atoms with Gasteiger partial charge in [-0.25, -0.2) is 0 Å². The molecule has 8 heteroatoms. The van der Waals surface area contributed by atoms with Crippen molar-refractivity contribution < 1.29 is 75.7 Å². The van der Waals surface area contributed by atoms with Gasteiger partial charge in [-0.3, -0.25) is 19.3 Å². The minimum atomic E-state index is -1.32. The normalized spacial score (nSPS) is 30.5. The molecule has 0 radical (unpaired) electrons. The van der Waals surface area contributed by atoms with Gasteiger partial charge in [0.25, 0.3) is 11.8 Å². The smallest absolute Gasteiger partial charge is 0.548 e. The van der Waals surface area contributed by atoms with Gasteiger partial charge >= 0.3 is 51.4 Å².